The first-order valence-corrected chi connectivity index (χ1v) is 12.1. The fourth-order valence-electron chi connectivity index (χ4n) is 4.95. The van der Waals surface area contributed by atoms with Gasteiger partial charge in [0, 0.05) is 30.3 Å². The van der Waals surface area contributed by atoms with Crippen LogP contribution in [-0.2, 0) is 9.59 Å². The Morgan fingerprint density at radius 1 is 0.844 bits per heavy atom. The van der Waals surface area contributed by atoms with Gasteiger partial charge in [-0.15, -0.1) is 0 Å². The van der Waals surface area contributed by atoms with E-state index in [4.69, 9.17) is 0 Å². The molecule has 170 valence electrons. The molecule has 1 N–H and O–H groups in total. The van der Waals surface area contributed by atoms with Gasteiger partial charge < -0.3 is 10.2 Å². The molecule has 5 heteroatoms. The van der Waals surface area contributed by atoms with Crippen molar-refractivity contribution in [2.45, 2.75) is 51.5 Å². The van der Waals surface area contributed by atoms with Gasteiger partial charge in [-0.1, -0.05) is 61.4 Å². The van der Waals surface area contributed by atoms with E-state index in [1.807, 2.05) is 49.4 Å². The van der Waals surface area contributed by atoms with Gasteiger partial charge in [0.1, 0.15) is 0 Å². The minimum atomic E-state index is -0.229. The van der Waals surface area contributed by atoms with E-state index in [1.165, 1.54) is 12.8 Å². The average molecular weight is 434 g/mol. The SMILES string of the molecule is CC(C(=O)Nc1ccccc1-c1ccccc1)N1CCC(C(=O)N2CCCCCC2)CC1. The maximum Gasteiger partial charge on any atom is 0.241 e. The minimum absolute atomic E-state index is 0.00526. The van der Waals surface area contributed by atoms with Crippen molar-refractivity contribution in [1.82, 2.24) is 9.80 Å². The zero-order valence-electron chi connectivity index (χ0n) is 19.1. The second-order valence-corrected chi connectivity index (χ2v) is 9.13. The van der Waals surface area contributed by atoms with Crippen LogP contribution in [0, 0.1) is 5.92 Å². The van der Waals surface area contributed by atoms with Gasteiger partial charge in [-0.3, -0.25) is 14.5 Å². The molecular weight excluding hydrogens is 398 g/mol. The third-order valence-electron chi connectivity index (χ3n) is 6.99. The number of para-hydroxylation sites is 1. The van der Waals surface area contributed by atoms with Crippen molar-refractivity contribution in [1.29, 1.82) is 0 Å². The van der Waals surface area contributed by atoms with Crippen molar-refractivity contribution in [3.63, 3.8) is 0 Å². The van der Waals surface area contributed by atoms with Crippen LogP contribution in [0.2, 0.25) is 0 Å². The Hall–Kier alpha value is -2.66. The lowest BCUT2D eigenvalue weighted by atomic mass is 9.94. The fourth-order valence-corrected chi connectivity index (χ4v) is 4.95. The van der Waals surface area contributed by atoms with Gasteiger partial charge in [0.15, 0.2) is 0 Å². The molecule has 2 heterocycles. The Balaban J connectivity index is 1.33. The summed E-state index contributed by atoms with van der Waals surface area (Å²) in [4.78, 5) is 30.3. The lowest BCUT2D eigenvalue weighted by Gasteiger charge is -2.36. The van der Waals surface area contributed by atoms with E-state index in [0.717, 1.165) is 68.7 Å². The van der Waals surface area contributed by atoms with Crippen LogP contribution in [0.1, 0.15) is 45.4 Å². The van der Waals surface area contributed by atoms with Crippen LogP contribution < -0.4 is 5.32 Å². The third-order valence-corrected chi connectivity index (χ3v) is 6.99. The molecule has 2 amide bonds. The van der Waals surface area contributed by atoms with Crippen molar-refractivity contribution in [3.05, 3.63) is 54.6 Å². The summed E-state index contributed by atoms with van der Waals surface area (Å²) in [6.45, 7) is 5.38. The first-order chi connectivity index (χ1) is 15.6. The molecule has 2 aliphatic heterocycles. The highest BCUT2D eigenvalue weighted by Gasteiger charge is 2.32. The largest absolute Gasteiger partial charge is 0.342 e. The Kier molecular flexibility index (Phi) is 7.59. The second-order valence-electron chi connectivity index (χ2n) is 9.13. The average Bonchev–Trinajstić information content (AvgIpc) is 3.14. The van der Waals surface area contributed by atoms with Crippen molar-refractivity contribution >= 4 is 17.5 Å². The maximum absolute atomic E-state index is 13.1. The van der Waals surface area contributed by atoms with Gasteiger partial charge in [0.2, 0.25) is 11.8 Å². The maximum atomic E-state index is 13.1. The third kappa shape index (κ3) is 5.39. The normalized spacial score (nSPS) is 19.2. The Morgan fingerprint density at radius 2 is 1.47 bits per heavy atom. The number of carbonyl (C=O) groups excluding carboxylic acids is 2. The van der Waals surface area contributed by atoms with Gasteiger partial charge in [0.05, 0.1) is 6.04 Å². The summed E-state index contributed by atoms with van der Waals surface area (Å²) in [6.07, 6.45) is 6.42. The van der Waals surface area contributed by atoms with E-state index in [0.29, 0.717) is 5.91 Å². The van der Waals surface area contributed by atoms with Crippen molar-refractivity contribution in [3.8, 4) is 11.1 Å². The molecule has 0 bridgehead atoms. The molecule has 1 atom stereocenters. The number of benzene rings is 2. The van der Waals surface area contributed by atoms with Crippen LogP contribution in [0.5, 0.6) is 0 Å². The first-order valence-electron chi connectivity index (χ1n) is 12.1. The number of piperidine rings is 1. The number of nitrogens with one attached hydrogen (secondary N) is 1. The molecule has 0 radical (unpaired) electrons. The predicted octanol–water partition coefficient (Wildman–Crippen LogP) is 4.80. The molecule has 2 saturated heterocycles. The molecular formula is C27H35N3O2. The summed E-state index contributed by atoms with van der Waals surface area (Å²) in [7, 11) is 0. The minimum Gasteiger partial charge on any atom is -0.342 e. The standard InChI is InChI=1S/C27H35N3O2/c1-21(26(31)28-25-14-8-7-13-24(25)22-11-5-4-6-12-22)29-19-15-23(16-20-29)27(32)30-17-9-2-3-10-18-30/h4-8,11-14,21,23H,2-3,9-10,15-20H2,1H3,(H,28,31). The van der Waals surface area contributed by atoms with Crippen molar-refractivity contribution in [2.75, 3.05) is 31.5 Å². The summed E-state index contributed by atoms with van der Waals surface area (Å²) in [6, 6.07) is 17.8. The molecule has 0 aliphatic carbocycles. The molecule has 32 heavy (non-hydrogen) atoms. The molecule has 2 aliphatic rings. The zero-order valence-corrected chi connectivity index (χ0v) is 19.1. The summed E-state index contributed by atoms with van der Waals surface area (Å²) < 4.78 is 0. The van der Waals surface area contributed by atoms with Gasteiger partial charge in [-0.2, -0.15) is 0 Å². The summed E-state index contributed by atoms with van der Waals surface area (Å²) in [5.74, 6) is 0.449. The topological polar surface area (TPSA) is 52.7 Å². The molecule has 2 aromatic carbocycles. The van der Waals surface area contributed by atoms with Crippen molar-refractivity contribution < 1.29 is 9.59 Å². The zero-order chi connectivity index (χ0) is 22.3. The van der Waals surface area contributed by atoms with Crippen LogP contribution in [0.25, 0.3) is 11.1 Å². The molecule has 1 unspecified atom stereocenters. The number of hydrogen-bond donors (Lipinski definition) is 1. The molecule has 0 spiro atoms. The van der Waals surface area contributed by atoms with E-state index in [9.17, 15) is 9.59 Å². The lowest BCUT2D eigenvalue weighted by molar-refractivity contribution is -0.137. The number of nitrogens with zero attached hydrogens (tertiary/aromatic N) is 2. The number of carbonyl (C=O) groups is 2. The van der Waals surface area contributed by atoms with Crippen molar-refractivity contribution in [2.24, 2.45) is 5.92 Å². The highest BCUT2D eigenvalue weighted by atomic mass is 16.2. The van der Waals surface area contributed by atoms with E-state index in [1.54, 1.807) is 0 Å². The molecule has 4 rings (SSSR count). The van der Waals surface area contributed by atoms with Gasteiger partial charge in [0.25, 0.3) is 0 Å². The van der Waals surface area contributed by atoms with Crippen LogP contribution >= 0.6 is 0 Å². The van der Waals surface area contributed by atoms with Crippen LogP contribution in [-0.4, -0.2) is 53.8 Å². The quantitative estimate of drug-likeness (QED) is 0.737. The monoisotopic (exact) mass is 433 g/mol. The highest BCUT2D eigenvalue weighted by Crippen LogP contribution is 2.28. The highest BCUT2D eigenvalue weighted by molar-refractivity contribution is 5.98. The van der Waals surface area contributed by atoms with Gasteiger partial charge in [-0.25, -0.2) is 0 Å². The number of likely N-dealkylation sites (tertiary alicyclic amines) is 2. The number of amides is 2. The second kappa shape index (κ2) is 10.8. The van der Waals surface area contributed by atoms with Gasteiger partial charge >= 0.3 is 0 Å². The number of hydrogen-bond acceptors (Lipinski definition) is 3. The molecule has 0 aromatic heterocycles. The molecule has 2 fully saturated rings. The number of anilines is 1. The molecule has 5 nitrogen and oxygen atoms in total. The van der Waals surface area contributed by atoms with E-state index >= 15 is 0 Å². The smallest absolute Gasteiger partial charge is 0.241 e. The van der Waals surface area contributed by atoms with Crippen LogP contribution in [0.4, 0.5) is 5.69 Å². The predicted molar refractivity (Wildman–Crippen MR) is 129 cm³/mol. The molecule has 2 aromatic rings. The molecule has 0 saturated carbocycles. The summed E-state index contributed by atoms with van der Waals surface area (Å²) in [5.41, 5.74) is 2.95. The first kappa shape index (κ1) is 22.5. The fraction of sp³-hybridized carbons (Fsp3) is 0.481. The van der Waals surface area contributed by atoms with E-state index in [2.05, 4.69) is 27.2 Å². The Morgan fingerprint density at radius 3 is 2.16 bits per heavy atom. The summed E-state index contributed by atoms with van der Waals surface area (Å²) >= 11 is 0. The van der Waals surface area contributed by atoms with Crippen LogP contribution in [0.15, 0.2) is 54.6 Å². The Labute approximate surface area is 191 Å². The van der Waals surface area contributed by atoms with Gasteiger partial charge in [-0.05, 0) is 57.3 Å². The van der Waals surface area contributed by atoms with Crippen LogP contribution in [0.3, 0.4) is 0 Å². The Bertz CT molecular complexity index is 898. The number of rotatable bonds is 5. The lowest BCUT2D eigenvalue weighted by Crippen LogP contribution is -2.48. The summed E-state index contributed by atoms with van der Waals surface area (Å²) in [5, 5.41) is 3.14. The van der Waals surface area contributed by atoms with E-state index < -0.39 is 0 Å². The van der Waals surface area contributed by atoms with E-state index in [-0.39, 0.29) is 17.9 Å².